The van der Waals surface area contributed by atoms with Gasteiger partial charge in [-0.2, -0.15) is 0 Å². The molecule has 1 fully saturated rings. The van der Waals surface area contributed by atoms with Crippen LogP contribution in [0.3, 0.4) is 0 Å². The Kier molecular flexibility index (Phi) is 5.37. The minimum absolute atomic E-state index is 0.0297. The quantitative estimate of drug-likeness (QED) is 0.726. The van der Waals surface area contributed by atoms with Gasteiger partial charge in [-0.3, -0.25) is 9.59 Å². The van der Waals surface area contributed by atoms with Crippen molar-refractivity contribution in [2.24, 2.45) is 5.73 Å². The lowest BCUT2D eigenvalue weighted by molar-refractivity contribution is -0.146. The van der Waals surface area contributed by atoms with E-state index in [0.717, 1.165) is 19.3 Å². The van der Waals surface area contributed by atoms with Crippen LogP contribution in [0, 0.1) is 12.3 Å². The Morgan fingerprint density at radius 2 is 2.00 bits per heavy atom. The Bertz CT molecular complexity index is 381. The van der Waals surface area contributed by atoms with Crippen LogP contribution >= 0.6 is 0 Å². The molecule has 0 aliphatic heterocycles. The number of rotatable bonds is 5. The number of carboxylic acid groups (broad SMARTS) is 1. The molecule has 1 saturated carbocycles. The predicted octanol–water partition coefficient (Wildman–Crippen LogP) is 0.973. The number of likely N-dealkylation sites (N-methyl/N-ethyl adjacent to an activating group) is 1. The second-order valence-electron chi connectivity index (χ2n) is 5.27. The summed E-state index contributed by atoms with van der Waals surface area (Å²) < 4.78 is 0. The number of hydrogen-bond donors (Lipinski definition) is 2. The Hall–Kier alpha value is -1.54. The Morgan fingerprint density at radius 3 is 2.47 bits per heavy atom. The van der Waals surface area contributed by atoms with E-state index in [0.29, 0.717) is 12.8 Å². The SMILES string of the molecule is C#CCC(N)C(=O)N(C)C1(CC(=O)O)CCCCC1. The standard InChI is InChI=1S/C14H22N2O3/c1-3-7-11(15)13(19)16(2)14(10-12(17)18)8-5-4-6-9-14/h1,11H,4-10,15H2,2H3,(H,17,18). The molecule has 0 aromatic carbocycles. The van der Waals surface area contributed by atoms with E-state index in [4.69, 9.17) is 17.3 Å². The first kappa shape index (κ1) is 15.5. The summed E-state index contributed by atoms with van der Waals surface area (Å²) in [5.74, 6) is 1.23. The summed E-state index contributed by atoms with van der Waals surface area (Å²) in [5.41, 5.74) is 5.14. The number of carbonyl (C=O) groups is 2. The largest absolute Gasteiger partial charge is 0.481 e. The molecule has 1 aliphatic carbocycles. The summed E-state index contributed by atoms with van der Waals surface area (Å²) in [6.45, 7) is 0. The van der Waals surface area contributed by atoms with E-state index in [1.54, 1.807) is 7.05 Å². The molecular weight excluding hydrogens is 244 g/mol. The van der Waals surface area contributed by atoms with Crippen LogP contribution in [0.1, 0.15) is 44.9 Å². The molecule has 3 N–H and O–H groups in total. The first-order valence-electron chi connectivity index (χ1n) is 6.61. The average molecular weight is 266 g/mol. The normalized spacial score (nSPS) is 19.2. The van der Waals surface area contributed by atoms with Crippen molar-refractivity contribution in [2.75, 3.05) is 7.05 Å². The molecular formula is C14H22N2O3. The van der Waals surface area contributed by atoms with E-state index in [1.807, 2.05) is 0 Å². The van der Waals surface area contributed by atoms with Gasteiger partial charge in [0.05, 0.1) is 18.0 Å². The van der Waals surface area contributed by atoms with Gasteiger partial charge in [-0.05, 0) is 12.8 Å². The van der Waals surface area contributed by atoms with Gasteiger partial charge in [0.1, 0.15) is 0 Å². The molecule has 1 unspecified atom stereocenters. The van der Waals surface area contributed by atoms with E-state index in [1.165, 1.54) is 4.90 Å². The van der Waals surface area contributed by atoms with Gasteiger partial charge in [0.15, 0.2) is 0 Å². The molecule has 0 heterocycles. The Balaban J connectivity index is 2.88. The first-order chi connectivity index (χ1) is 8.93. The molecule has 1 rings (SSSR count). The Labute approximate surface area is 114 Å². The molecule has 0 bridgehead atoms. The van der Waals surface area contributed by atoms with E-state index >= 15 is 0 Å². The van der Waals surface area contributed by atoms with Crippen molar-refractivity contribution < 1.29 is 14.7 Å². The zero-order valence-electron chi connectivity index (χ0n) is 11.4. The molecule has 1 atom stereocenters. The van der Waals surface area contributed by atoms with Crippen molar-refractivity contribution in [3.05, 3.63) is 0 Å². The molecule has 0 aromatic rings. The molecule has 1 aliphatic rings. The first-order valence-corrected chi connectivity index (χ1v) is 6.61. The number of nitrogens with zero attached hydrogens (tertiary/aromatic N) is 1. The predicted molar refractivity (Wildman–Crippen MR) is 72.3 cm³/mol. The molecule has 5 nitrogen and oxygen atoms in total. The number of aliphatic carboxylic acids is 1. The van der Waals surface area contributed by atoms with E-state index in [2.05, 4.69) is 5.92 Å². The minimum Gasteiger partial charge on any atom is -0.481 e. The number of hydrogen-bond acceptors (Lipinski definition) is 3. The maximum Gasteiger partial charge on any atom is 0.305 e. The molecule has 0 aromatic heterocycles. The third-order valence-electron chi connectivity index (χ3n) is 3.96. The highest BCUT2D eigenvalue weighted by Crippen LogP contribution is 2.36. The summed E-state index contributed by atoms with van der Waals surface area (Å²) in [6, 6.07) is -0.748. The number of amides is 1. The summed E-state index contributed by atoms with van der Waals surface area (Å²) in [4.78, 5) is 24.9. The molecule has 0 radical (unpaired) electrons. The fourth-order valence-electron chi connectivity index (χ4n) is 2.82. The second kappa shape index (κ2) is 6.58. The summed E-state index contributed by atoms with van der Waals surface area (Å²) >= 11 is 0. The highest BCUT2D eigenvalue weighted by molar-refractivity contribution is 5.83. The zero-order valence-corrected chi connectivity index (χ0v) is 11.4. The van der Waals surface area contributed by atoms with Gasteiger partial charge < -0.3 is 15.7 Å². The maximum atomic E-state index is 12.2. The van der Waals surface area contributed by atoms with Crippen LogP contribution in [-0.4, -0.2) is 40.5 Å². The van der Waals surface area contributed by atoms with Gasteiger partial charge >= 0.3 is 5.97 Å². The van der Waals surface area contributed by atoms with Gasteiger partial charge in [0.2, 0.25) is 5.91 Å². The maximum absolute atomic E-state index is 12.2. The fraction of sp³-hybridized carbons (Fsp3) is 0.714. The number of terminal acetylenes is 1. The van der Waals surface area contributed by atoms with E-state index in [-0.39, 0.29) is 18.7 Å². The minimum atomic E-state index is -0.882. The second-order valence-corrected chi connectivity index (χ2v) is 5.27. The van der Waals surface area contributed by atoms with Crippen LogP contribution in [0.4, 0.5) is 0 Å². The Morgan fingerprint density at radius 1 is 1.42 bits per heavy atom. The van der Waals surface area contributed by atoms with Crippen LogP contribution < -0.4 is 5.73 Å². The van der Waals surface area contributed by atoms with Crippen LogP contribution in [-0.2, 0) is 9.59 Å². The average Bonchev–Trinajstić information content (AvgIpc) is 2.37. The molecule has 0 spiro atoms. The van der Waals surface area contributed by atoms with Crippen molar-refractivity contribution in [1.29, 1.82) is 0 Å². The molecule has 5 heteroatoms. The van der Waals surface area contributed by atoms with Crippen molar-refractivity contribution in [1.82, 2.24) is 4.90 Å². The summed E-state index contributed by atoms with van der Waals surface area (Å²) in [6.07, 6.45) is 9.70. The van der Waals surface area contributed by atoms with Crippen molar-refractivity contribution in [2.45, 2.75) is 56.5 Å². The lowest BCUT2D eigenvalue weighted by Crippen LogP contribution is -2.56. The lowest BCUT2D eigenvalue weighted by atomic mass is 9.77. The monoisotopic (exact) mass is 266 g/mol. The van der Waals surface area contributed by atoms with Crippen LogP contribution in [0.15, 0.2) is 0 Å². The van der Waals surface area contributed by atoms with Crippen LogP contribution in [0.2, 0.25) is 0 Å². The molecule has 1 amide bonds. The third-order valence-corrected chi connectivity index (χ3v) is 3.96. The van der Waals surface area contributed by atoms with Gasteiger partial charge in [-0.1, -0.05) is 19.3 Å². The van der Waals surface area contributed by atoms with Gasteiger partial charge in [-0.25, -0.2) is 0 Å². The topological polar surface area (TPSA) is 83.6 Å². The van der Waals surface area contributed by atoms with E-state index < -0.39 is 17.6 Å². The summed E-state index contributed by atoms with van der Waals surface area (Å²) in [7, 11) is 1.65. The van der Waals surface area contributed by atoms with Crippen LogP contribution in [0.5, 0.6) is 0 Å². The van der Waals surface area contributed by atoms with Crippen molar-refractivity contribution in [3.63, 3.8) is 0 Å². The smallest absolute Gasteiger partial charge is 0.305 e. The number of carbonyl (C=O) groups excluding carboxylic acids is 1. The lowest BCUT2D eigenvalue weighted by Gasteiger charge is -2.44. The van der Waals surface area contributed by atoms with Gasteiger partial charge in [0, 0.05) is 13.5 Å². The van der Waals surface area contributed by atoms with Gasteiger partial charge in [-0.15, -0.1) is 12.3 Å². The number of nitrogens with two attached hydrogens (primary N) is 1. The summed E-state index contributed by atoms with van der Waals surface area (Å²) in [5, 5.41) is 9.10. The third kappa shape index (κ3) is 3.71. The highest BCUT2D eigenvalue weighted by atomic mass is 16.4. The van der Waals surface area contributed by atoms with E-state index in [9.17, 15) is 9.59 Å². The zero-order chi connectivity index (χ0) is 14.5. The van der Waals surface area contributed by atoms with Crippen LogP contribution in [0.25, 0.3) is 0 Å². The van der Waals surface area contributed by atoms with Crippen molar-refractivity contribution >= 4 is 11.9 Å². The number of carboxylic acids is 1. The molecule has 19 heavy (non-hydrogen) atoms. The van der Waals surface area contributed by atoms with Gasteiger partial charge in [0.25, 0.3) is 0 Å². The highest BCUT2D eigenvalue weighted by Gasteiger charge is 2.41. The molecule has 106 valence electrons. The molecule has 0 saturated heterocycles. The van der Waals surface area contributed by atoms with Crippen molar-refractivity contribution in [3.8, 4) is 12.3 Å². The fourth-order valence-corrected chi connectivity index (χ4v) is 2.82.